The molecule has 1 atom stereocenters. The molecule has 2 aliphatic heterocycles. The maximum absolute atomic E-state index is 12.4. The Balaban J connectivity index is 1.61. The second-order valence-electron chi connectivity index (χ2n) is 5.89. The number of carbonyl (C=O) groups is 1. The summed E-state index contributed by atoms with van der Waals surface area (Å²) in [7, 11) is 0. The average Bonchev–Trinajstić information content (AvgIpc) is 3.08. The molecule has 1 aromatic rings. The summed E-state index contributed by atoms with van der Waals surface area (Å²) in [6, 6.07) is 1.84. The van der Waals surface area contributed by atoms with E-state index in [0.29, 0.717) is 38.1 Å². The van der Waals surface area contributed by atoms with Crippen LogP contribution >= 0.6 is 0 Å². The number of hydrogen-bond donors (Lipinski definition) is 0. The van der Waals surface area contributed by atoms with Crippen molar-refractivity contribution in [3.8, 4) is 5.88 Å². The lowest BCUT2D eigenvalue weighted by Crippen LogP contribution is -2.51. The van der Waals surface area contributed by atoms with Gasteiger partial charge < -0.3 is 19.3 Å². The molecule has 0 aliphatic carbocycles. The van der Waals surface area contributed by atoms with Gasteiger partial charge in [0.1, 0.15) is 6.10 Å². The summed E-state index contributed by atoms with van der Waals surface area (Å²) in [4.78, 5) is 25.3. The number of rotatable bonds is 4. The predicted octanol–water partition coefficient (Wildman–Crippen LogP) is 1.01. The van der Waals surface area contributed by atoms with Crippen molar-refractivity contribution in [3.63, 3.8) is 0 Å². The topological polar surface area (TPSA) is 67.8 Å². The van der Waals surface area contributed by atoms with Crippen LogP contribution in [0.1, 0.15) is 25.5 Å². The molecule has 1 amide bonds. The van der Waals surface area contributed by atoms with Crippen molar-refractivity contribution in [2.24, 2.45) is 0 Å². The molecule has 2 fully saturated rings. The van der Waals surface area contributed by atoms with Crippen molar-refractivity contribution in [1.29, 1.82) is 0 Å². The van der Waals surface area contributed by atoms with Crippen LogP contribution in [0.3, 0.4) is 0 Å². The van der Waals surface area contributed by atoms with Gasteiger partial charge in [-0.05, 0) is 26.7 Å². The van der Waals surface area contributed by atoms with E-state index in [1.807, 2.05) is 24.8 Å². The first kappa shape index (κ1) is 16.0. The van der Waals surface area contributed by atoms with Crippen LogP contribution in [0.5, 0.6) is 5.88 Å². The van der Waals surface area contributed by atoms with E-state index in [2.05, 4.69) is 14.9 Å². The number of amides is 1. The maximum atomic E-state index is 12.4. The molecule has 0 unspecified atom stereocenters. The summed E-state index contributed by atoms with van der Waals surface area (Å²) in [5.74, 6) is 1.41. The fourth-order valence-corrected chi connectivity index (χ4v) is 2.99. The van der Waals surface area contributed by atoms with Gasteiger partial charge in [0.15, 0.2) is 0 Å². The van der Waals surface area contributed by atoms with Crippen molar-refractivity contribution in [2.75, 3.05) is 44.3 Å². The van der Waals surface area contributed by atoms with Crippen molar-refractivity contribution >= 4 is 11.9 Å². The van der Waals surface area contributed by atoms with E-state index in [0.717, 1.165) is 31.6 Å². The molecule has 2 saturated heterocycles. The minimum Gasteiger partial charge on any atom is -0.478 e. The van der Waals surface area contributed by atoms with Gasteiger partial charge in [-0.1, -0.05) is 0 Å². The highest BCUT2D eigenvalue weighted by Gasteiger charge is 2.30. The van der Waals surface area contributed by atoms with E-state index < -0.39 is 0 Å². The van der Waals surface area contributed by atoms with Gasteiger partial charge in [-0.25, -0.2) is 4.98 Å². The van der Waals surface area contributed by atoms with Crippen molar-refractivity contribution in [1.82, 2.24) is 14.9 Å². The number of ether oxygens (including phenoxy) is 2. The Morgan fingerprint density at radius 2 is 2.13 bits per heavy atom. The molecule has 0 radical (unpaired) electrons. The molecule has 0 spiro atoms. The molecule has 1 aromatic heterocycles. The van der Waals surface area contributed by atoms with Gasteiger partial charge in [-0.15, -0.1) is 0 Å². The molecule has 23 heavy (non-hydrogen) atoms. The number of aromatic nitrogens is 2. The summed E-state index contributed by atoms with van der Waals surface area (Å²) >= 11 is 0. The van der Waals surface area contributed by atoms with E-state index in [4.69, 9.17) is 9.47 Å². The molecular weight excluding hydrogens is 296 g/mol. The number of aryl methyl sites for hydroxylation is 1. The second kappa shape index (κ2) is 7.12. The zero-order chi connectivity index (χ0) is 16.2. The molecular formula is C16H24N4O3. The van der Waals surface area contributed by atoms with E-state index >= 15 is 0 Å². The predicted molar refractivity (Wildman–Crippen MR) is 85.7 cm³/mol. The molecule has 7 heteroatoms. The third kappa shape index (κ3) is 3.72. The van der Waals surface area contributed by atoms with Gasteiger partial charge >= 0.3 is 0 Å². The third-order valence-corrected chi connectivity index (χ3v) is 4.19. The van der Waals surface area contributed by atoms with Crippen LogP contribution < -0.4 is 9.64 Å². The molecule has 3 rings (SSSR count). The Morgan fingerprint density at radius 3 is 2.78 bits per heavy atom. The van der Waals surface area contributed by atoms with Crippen LogP contribution in [0.2, 0.25) is 0 Å². The summed E-state index contributed by atoms with van der Waals surface area (Å²) < 4.78 is 11.0. The second-order valence-corrected chi connectivity index (χ2v) is 5.89. The summed E-state index contributed by atoms with van der Waals surface area (Å²) in [6.45, 7) is 7.98. The summed E-state index contributed by atoms with van der Waals surface area (Å²) in [5, 5.41) is 0. The van der Waals surface area contributed by atoms with Crippen LogP contribution in [0.4, 0.5) is 5.95 Å². The molecule has 0 N–H and O–H groups in total. The van der Waals surface area contributed by atoms with Gasteiger partial charge in [0.25, 0.3) is 5.91 Å². The largest absolute Gasteiger partial charge is 0.478 e. The summed E-state index contributed by atoms with van der Waals surface area (Å²) in [5.41, 5.74) is 0.885. The highest BCUT2D eigenvalue weighted by Crippen LogP contribution is 2.19. The van der Waals surface area contributed by atoms with Crippen LogP contribution in [0.15, 0.2) is 6.07 Å². The third-order valence-electron chi connectivity index (χ3n) is 4.19. The first-order valence-corrected chi connectivity index (χ1v) is 8.31. The molecule has 0 saturated carbocycles. The molecule has 126 valence electrons. The van der Waals surface area contributed by atoms with E-state index in [1.54, 1.807) is 0 Å². The van der Waals surface area contributed by atoms with Gasteiger partial charge in [0, 0.05) is 44.5 Å². The fourth-order valence-electron chi connectivity index (χ4n) is 2.99. The zero-order valence-electron chi connectivity index (χ0n) is 13.8. The highest BCUT2D eigenvalue weighted by molar-refractivity contribution is 5.81. The van der Waals surface area contributed by atoms with E-state index in [1.165, 1.54) is 0 Å². The Morgan fingerprint density at radius 1 is 1.35 bits per heavy atom. The van der Waals surface area contributed by atoms with Crippen LogP contribution in [0, 0.1) is 6.92 Å². The molecule has 2 aliphatic rings. The molecule has 3 heterocycles. The van der Waals surface area contributed by atoms with Gasteiger partial charge in [-0.2, -0.15) is 4.98 Å². The quantitative estimate of drug-likeness (QED) is 0.825. The Bertz CT molecular complexity index is 552. The zero-order valence-corrected chi connectivity index (χ0v) is 13.8. The molecule has 0 aromatic carbocycles. The molecule has 0 bridgehead atoms. The first-order valence-electron chi connectivity index (χ1n) is 8.31. The van der Waals surface area contributed by atoms with E-state index in [-0.39, 0.29) is 12.0 Å². The van der Waals surface area contributed by atoms with E-state index in [9.17, 15) is 4.79 Å². The maximum Gasteiger partial charge on any atom is 0.251 e. The number of anilines is 1. The smallest absolute Gasteiger partial charge is 0.251 e. The SMILES string of the molecule is CCOc1cc(C)nc(N2CCN(C(=O)[C@H]3CCCO3)CC2)n1. The first-order chi connectivity index (χ1) is 11.2. The van der Waals surface area contributed by atoms with Gasteiger partial charge in [-0.3, -0.25) is 4.79 Å². The van der Waals surface area contributed by atoms with Crippen LogP contribution in [0.25, 0.3) is 0 Å². The number of piperazine rings is 1. The van der Waals surface area contributed by atoms with Gasteiger partial charge in [0.05, 0.1) is 6.61 Å². The highest BCUT2D eigenvalue weighted by atomic mass is 16.5. The minimum absolute atomic E-state index is 0.127. The van der Waals surface area contributed by atoms with Gasteiger partial charge in [0.2, 0.25) is 11.8 Å². The Kier molecular flexibility index (Phi) is 4.95. The average molecular weight is 320 g/mol. The van der Waals surface area contributed by atoms with Crippen molar-refractivity contribution < 1.29 is 14.3 Å². The standard InChI is InChI=1S/C16H24N4O3/c1-3-22-14-11-12(2)17-16(18-14)20-8-6-19(7-9-20)15(21)13-5-4-10-23-13/h11,13H,3-10H2,1-2H3/t13-/m1/s1. The van der Waals surface area contributed by atoms with Crippen molar-refractivity contribution in [2.45, 2.75) is 32.8 Å². The monoisotopic (exact) mass is 320 g/mol. The lowest BCUT2D eigenvalue weighted by molar-refractivity contribution is -0.141. The molecule has 7 nitrogen and oxygen atoms in total. The fraction of sp³-hybridized carbons (Fsp3) is 0.688. The lowest BCUT2D eigenvalue weighted by atomic mass is 10.2. The Labute approximate surface area is 136 Å². The Hall–Kier alpha value is -1.89. The van der Waals surface area contributed by atoms with Crippen molar-refractivity contribution in [3.05, 3.63) is 11.8 Å². The number of hydrogen-bond acceptors (Lipinski definition) is 6. The van der Waals surface area contributed by atoms with Crippen LogP contribution in [-0.4, -0.2) is 66.3 Å². The number of nitrogens with zero attached hydrogens (tertiary/aromatic N) is 4. The lowest BCUT2D eigenvalue weighted by Gasteiger charge is -2.35. The normalized spacial score (nSPS) is 21.6. The summed E-state index contributed by atoms with van der Waals surface area (Å²) in [6.07, 6.45) is 1.59. The number of carbonyl (C=O) groups excluding carboxylic acids is 1. The minimum atomic E-state index is -0.235. The van der Waals surface area contributed by atoms with Crippen LogP contribution in [-0.2, 0) is 9.53 Å².